The van der Waals surface area contributed by atoms with Gasteiger partial charge in [-0.3, -0.25) is 9.78 Å². The maximum Gasteiger partial charge on any atom is 0.246 e. The van der Waals surface area contributed by atoms with Gasteiger partial charge in [-0.05, 0) is 61.5 Å². The third-order valence-electron chi connectivity index (χ3n) is 6.56. The lowest BCUT2D eigenvalue weighted by Gasteiger charge is -2.23. The molecule has 1 aromatic heterocycles. The fourth-order valence-electron chi connectivity index (χ4n) is 4.24. The molecule has 0 aliphatic rings. The van der Waals surface area contributed by atoms with E-state index >= 15 is 0 Å². The lowest BCUT2D eigenvalue weighted by molar-refractivity contribution is -0.126. The van der Waals surface area contributed by atoms with Gasteiger partial charge in [0.1, 0.15) is 0 Å². The summed E-state index contributed by atoms with van der Waals surface area (Å²) in [6, 6.07) is 33.0. The molecule has 4 rings (SSSR count). The molecule has 0 saturated heterocycles. The van der Waals surface area contributed by atoms with E-state index in [9.17, 15) is 4.79 Å². The normalized spacial score (nSPS) is 11.3. The van der Waals surface area contributed by atoms with E-state index in [-0.39, 0.29) is 5.91 Å². The summed E-state index contributed by atoms with van der Waals surface area (Å²) >= 11 is 0. The standard InChI is InChI=1S/C34H38N4O/c1-37(2)23-24-38(34(39)20-16-28-9-5-3-6-10-28)27-30-13-17-32(18-14-30)33-19-15-31(26-36-33)25-35-22-21-29-11-7-4-8-12-29/h3-20,26,35H,21-25,27H2,1-2H3/b20-16+. The third-order valence-corrected chi connectivity index (χ3v) is 6.56. The zero-order valence-electron chi connectivity index (χ0n) is 23.0. The van der Waals surface area contributed by atoms with Crippen molar-refractivity contribution in [1.29, 1.82) is 0 Å². The molecule has 5 nitrogen and oxygen atoms in total. The maximum atomic E-state index is 13.0. The molecule has 4 aromatic rings. The number of likely N-dealkylation sites (N-methyl/N-ethyl adjacent to an activating group) is 1. The summed E-state index contributed by atoms with van der Waals surface area (Å²) in [4.78, 5) is 21.7. The van der Waals surface area contributed by atoms with Crippen LogP contribution in [-0.2, 0) is 24.3 Å². The molecular formula is C34H38N4O. The van der Waals surface area contributed by atoms with Crippen LogP contribution in [0.25, 0.3) is 17.3 Å². The molecule has 200 valence electrons. The number of nitrogens with one attached hydrogen (secondary N) is 1. The minimum absolute atomic E-state index is 0.0133. The van der Waals surface area contributed by atoms with E-state index in [4.69, 9.17) is 0 Å². The highest BCUT2D eigenvalue weighted by Gasteiger charge is 2.12. The average molecular weight is 519 g/mol. The highest BCUT2D eigenvalue weighted by molar-refractivity contribution is 5.91. The quantitative estimate of drug-likeness (QED) is 0.183. The molecule has 0 aliphatic heterocycles. The Balaban J connectivity index is 1.32. The molecule has 0 bridgehead atoms. The minimum atomic E-state index is 0.0133. The van der Waals surface area contributed by atoms with Crippen LogP contribution >= 0.6 is 0 Å². The fraction of sp³-hybridized carbons (Fsp3) is 0.235. The Bertz CT molecular complexity index is 1300. The van der Waals surface area contributed by atoms with Crippen LogP contribution in [0.4, 0.5) is 0 Å². The van der Waals surface area contributed by atoms with Crippen LogP contribution in [0.5, 0.6) is 0 Å². The Morgan fingerprint density at radius 1 is 0.795 bits per heavy atom. The third kappa shape index (κ3) is 9.32. The lowest BCUT2D eigenvalue weighted by Crippen LogP contribution is -2.35. The number of aromatic nitrogens is 1. The van der Waals surface area contributed by atoms with Gasteiger partial charge in [0.05, 0.1) is 5.69 Å². The first kappa shape index (κ1) is 28.0. The molecule has 0 spiro atoms. The molecule has 0 aliphatic carbocycles. The van der Waals surface area contributed by atoms with Crippen molar-refractivity contribution in [3.05, 3.63) is 132 Å². The summed E-state index contributed by atoms with van der Waals surface area (Å²) in [5.74, 6) is 0.0133. The predicted molar refractivity (Wildman–Crippen MR) is 161 cm³/mol. The number of amides is 1. The summed E-state index contributed by atoms with van der Waals surface area (Å²) in [5, 5.41) is 3.50. The summed E-state index contributed by atoms with van der Waals surface area (Å²) in [6.45, 7) is 3.76. The second kappa shape index (κ2) is 14.8. The SMILES string of the molecule is CN(C)CCN(Cc1ccc(-c2ccc(CNCCc3ccccc3)cn2)cc1)C(=O)/C=C/c1ccccc1. The van der Waals surface area contributed by atoms with Crippen molar-refractivity contribution in [1.82, 2.24) is 20.1 Å². The lowest BCUT2D eigenvalue weighted by atomic mass is 10.1. The molecule has 1 amide bonds. The number of benzene rings is 3. The van der Waals surface area contributed by atoms with Gasteiger partial charge in [0, 0.05) is 44.0 Å². The van der Waals surface area contributed by atoms with Crippen LogP contribution in [0, 0.1) is 0 Å². The zero-order chi connectivity index (χ0) is 27.3. The van der Waals surface area contributed by atoms with Gasteiger partial charge in [-0.1, -0.05) is 91.0 Å². The highest BCUT2D eigenvalue weighted by atomic mass is 16.2. The molecule has 5 heteroatoms. The predicted octanol–water partition coefficient (Wildman–Crippen LogP) is 5.68. The molecule has 0 saturated carbocycles. The van der Waals surface area contributed by atoms with Gasteiger partial charge in [0.15, 0.2) is 0 Å². The van der Waals surface area contributed by atoms with E-state index in [1.165, 1.54) is 11.1 Å². The first-order chi connectivity index (χ1) is 19.1. The molecule has 1 N–H and O–H groups in total. The second-order valence-electron chi connectivity index (χ2n) is 9.97. The number of hydrogen-bond acceptors (Lipinski definition) is 4. The van der Waals surface area contributed by atoms with E-state index in [1.807, 2.05) is 67.7 Å². The van der Waals surface area contributed by atoms with Crippen LogP contribution in [0.3, 0.4) is 0 Å². The van der Waals surface area contributed by atoms with Gasteiger partial charge in [0.2, 0.25) is 5.91 Å². The zero-order valence-corrected chi connectivity index (χ0v) is 23.0. The Hall–Kier alpha value is -4.06. The molecule has 0 unspecified atom stereocenters. The summed E-state index contributed by atoms with van der Waals surface area (Å²) in [6.07, 6.45) is 6.50. The molecular weight excluding hydrogens is 480 g/mol. The van der Waals surface area contributed by atoms with Crippen molar-refractivity contribution in [2.24, 2.45) is 0 Å². The molecule has 0 atom stereocenters. The molecule has 39 heavy (non-hydrogen) atoms. The van der Waals surface area contributed by atoms with Gasteiger partial charge < -0.3 is 15.1 Å². The van der Waals surface area contributed by atoms with Crippen molar-refractivity contribution in [2.45, 2.75) is 19.5 Å². The Morgan fingerprint density at radius 2 is 1.49 bits per heavy atom. The number of pyridine rings is 1. The molecule has 0 fully saturated rings. The van der Waals surface area contributed by atoms with Gasteiger partial charge in [-0.2, -0.15) is 0 Å². The monoisotopic (exact) mass is 518 g/mol. The smallest absolute Gasteiger partial charge is 0.246 e. The number of hydrogen-bond donors (Lipinski definition) is 1. The summed E-state index contributed by atoms with van der Waals surface area (Å²) in [5.41, 5.74) is 6.64. The second-order valence-corrected chi connectivity index (χ2v) is 9.97. The van der Waals surface area contributed by atoms with Crippen LogP contribution < -0.4 is 5.32 Å². The van der Waals surface area contributed by atoms with Crippen molar-refractivity contribution in [2.75, 3.05) is 33.7 Å². The maximum absolute atomic E-state index is 13.0. The summed E-state index contributed by atoms with van der Waals surface area (Å²) < 4.78 is 0. The largest absolute Gasteiger partial charge is 0.334 e. The number of rotatable bonds is 13. The van der Waals surface area contributed by atoms with Crippen molar-refractivity contribution < 1.29 is 4.79 Å². The van der Waals surface area contributed by atoms with E-state index in [0.717, 1.165) is 48.4 Å². The van der Waals surface area contributed by atoms with E-state index in [0.29, 0.717) is 13.1 Å². The van der Waals surface area contributed by atoms with E-state index in [2.05, 4.69) is 75.9 Å². The van der Waals surface area contributed by atoms with Crippen molar-refractivity contribution in [3.8, 4) is 11.3 Å². The first-order valence-electron chi connectivity index (χ1n) is 13.5. The Morgan fingerprint density at radius 3 is 2.15 bits per heavy atom. The van der Waals surface area contributed by atoms with Crippen molar-refractivity contribution >= 4 is 12.0 Å². The van der Waals surface area contributed by atoms with E-state index in [1.54, 1.807) is 6.08 Å². The van der Waals surface area contributed by atoms with Gasteiger partial charge in [0.25, 0.3) is 0 Å². The van der Waals surface area contributed by atoms with E-state index < -0.39 is 0 Å². The molecule has 3 aromatic carbocycles. The fourth-order valence-corrected chi connectivity index (χ4v) is 4.24. The van der Waals surface area contributed by atoms with Crippen LogP contribution in [-0.4, -0.2) is 54.4 Å². The number of carbonyl (C=O) groups is 1. The Labute approximate surface area is 232 Å². The highest BCUT2D eigenvalue weighted by Crippen LogP contribution is 2.19. The molecule has 0 radical (unpaired) electrons. The van der Waals surface area contributed by atoms with Crippen LogP contribution in [0.1, 0.15) is 22.3 Å². The minimum Gasteiger partial charge on any atom is -0.334 e. The first-order valence-corrected chi connectivity index (χ1v) is 13.5. The van der Waals surface area contributed by atoms with Gasteiger partial charge in [-0.15, -0.1) is 0 Å². The topological polar surface area (TPSA) is 48.5 Å². The molecule has 1 heterocycles. The van der Waals surface area contributed by atoms with Gasteiger partial charge in [-0.25, -0.2) is 0 Å². The Kier molecular flexibility index (Phi) is 10.6. The number of nitrogens with zero attached hydrogens (tertiary/aromatic N) is 3. The van der Waals surface area contributed by atoms with Crippen LogP contribution in [0.2, 0.25) is 0 Å². The van der Waals surface area contributed by atoms with Crippen molar-refractivity contribution in [3.63, 3.8) is 0 Å². The number of carbonyl (C=O) groups excluding carboxylic acids is 1. The average Bonchev–Trinajstić information content (AvgIpc) is 2.98. The van der Waals surface area contributed by atoms with Gasteiger partial charge >= 0.3 is 0 Å². The summed E-state index contributed by atoms with van der Waals surface area (Å²) in [7, 11) is 4.05. The van der Waals surface area contributed by atoms with Crippen LogP contribution in [0.15, 0.2) is 109 Å².